The molecule has 0 bridgehead atoms. The molecule has 64 valence electrons. The zero-order chi connectivity index (χ0) is 8.69. The van der Waals surface area contributed by atoms with Gasteiger partial charge in [0.2, 0.25) is 0 Å². The Morgan fingerprint density at radius 1 is 1.36 bits per heavy atom. The van der Waals surface area contributed by atoms with Crippen LogP contribution >= 0.6 is 11.8 Å². The standard InChI is InChI=1S/C7H9F3S/c1-11-5-6(8)3-2-4-7(9)10/h6-7H,3,5H2,1H3. The first kappa shape index (κ1) is 10.7. The van der Waals surface area contributed by atoms with E-state index in [4.69, 9.17) is 0 Å². The maximum absolute atomic E-state index is 12.5. The molecule has 0 fully saturated rings. The van der Waals surface area contributed by atoms with Gasteiger partial charge in [0.05, 0.1) is 0 Å². The van der Waals surface area contributed by atoms with Gasteiger partial charge < -0.3 is 0 Å². The third-order valence-electron chi connectivity index (χ3n) is 0.882. The Bertz CT molecular complexity index is 148. The summed E-state index contributed by atoms with van der Waals surface area (Å²) in [5, 5.41) is 0. The highest BCUT2D eigenvalue weighted by atomic mass is 32.2. The van der Waals surface area contributed by atoms with Gasteiger partial charge in [-0.2, -0.15) is 20.5 Å². The van der Waals surface area contributed by atoms with Crippen molar-refractivity contribution >= 4 is 11.8 Å². The second-order valence-electron chi connectivity index (χ2n) is 1.88. The van der Waals surface area contributed by atoms with Crippen molar-refractivity contribution in [3.05, 3.63) is 0 Å². The molecule has 0 aromatic carbocycles. The minimum atomic E-state index is -2.64. The van der Waals surface area contributed by atoms with Crippen LogP contribution in [0.15, 0.2) is 0 Å². The van der Waals surface area contributed by atoms with Gasteiger partial charge in [-0.1, -0.05) is 5.92 Å². The molecule has 0 heterocycles. The smallest absolute Gasteiger partial charge is 0.246 e. The summed E-state index contributed by atoms with van der Waals surface area (Å²) in [6.07, 6.45) is -2.06. The summed E-state index contributed by atoms with van der Waals surface area (Å²) >= 11 is 1.34. The van der Waals surface area contributed by atoms with Crippen LogP contribution in [0.25, 0.3) is 0 Å². The summed E-state index contributed by atoms with van der Waals surface area (Å²) in [4.78, 5) is 0. The summed E-state index contributed by atoms with van der Waals surface area (Å²) in [6, 6.07) is 0. The van der Waals surface area contributed by atoms with Gasteiger partial charge in [0.1, 0.15) is 6.17 Å². The molecule has 0 aromatic rings. The molecule has 0 aliphatic heterocycles. The molecular formula is C7H9F3S. The maximum Gasteiger partial charge on any atom is 0.298 e. The Balaban J connectivity index is 3.46. The Morgan fingerprint density at radius 3 is 2.45 bits per heavy atom. The van der Waals surface area contributed by atoms with Crippen LogP contribution in [0.4, 0.5) is 13.2 Å². The van der Waals surface area contributed by atoms with E-state index in [1.807, 2.05) is 0 Å². The molecule has 0 aliphatic carbocycles. The molecule has 0 aromatic heterocycles. The predicted molar refractivity (Wildman–Crippen MR) is 41.7 cm³/mol. The van der Waals surface area contributed by atoms with E-state index in [9.17, 15) is 13.2 Å². The van der Waals surface area contributed by atoms with Crippen LogP contribution in [0.2, 0.25) is 0 Å². The molecule has 1 unspecified atom stereocenters. The molecule has 0 saturated heterocycles. The summed E-state index contributed by atoms with van der Waals surface area (Å²) in [6.45, 7) is 0. The van der Waals surface area contributed by atoms with Crippen molar-refractivity contribution in [2.75, 3.05) is 12.0 Å². The minimum absolute atomic E-state index is 0.0921. The molecule has 0 rings (SSSR count). The van der Waals surface area contributed by atoms with Crippen molar-refractivity contribution < 1.29 is 13.2 Å². The van der Waals surface area contributed by atoms with Crippen LogP contribution in [0, 0.1) is 11.8 Å². The fraction of sp³-hybridized carbons (Fsp3) is 0.714. The number of halogens is 3. The van der Waals surface area contributed by atoms with Crippen LogP contribution in [0.5, 0.6) is 0 Å². The molecule has 0 amide bonds. The lowest BCUT2D eigenvalue weighted by atomic mass is 10.3. The lowest BCUT2D eigenvalue weighted by Gasteiger charge is -1.98. The van der Waals surface area contributed by atoms with Crippen LogP contribution in [-0.2, 0) is 0 Å². The van der Waals surface area contributed by atoms with E-state index in [1.165, 1.54) is 11.8 Å². The van der Waals surface area contributed by atoms with E-state index in [0.29, 0.717) is 5.75 Å². The first-order valence-electron chi connectivity index (χ1n) is 3.06. The fourth-order valence-corrected chi connectivity index (χ4v) is 0.966. The SMILES string of the molecule is CSCC(F)CC#CC(F)F. The van der Waals surface area contributed by atoms with Crippen molar-refractivity contribution in [3.8, 4) is 11.8 Å². The van der Waals surface area contributed by atoms with Gasteiger partial charge in [-0.25, -0.2) is 4.39 Å². The van der Waals surface area contributed by atoms with Gasteiger partial charge >= 0.3 is 0 Å². The molecule has 1 atom stereocenters. The molecule has 11 heavy (non-hydrogen) atoms. The van der Waals surface area contributed by atoms with E-state index >= 15 is 0 Å². The molecule has 0 radical (unpaired) electrons. The zero-order valence-corrected chi connectivity index (χ0v) is 6.93. The summed E-state index contributed by atoms with van der Waals surface area (Å²) in [5.74, 6) is 4.00. The number of rotatable bonds is 3. The predicted octanol–water partition coefficient (Wildman–Crippen LogP) is 2.35. The third kappa shape index (κ3) is 7.60. The van der Waals surface area contributed by atoms with Crippen molar-refractivity contribution in [1.82, 2.24) is 0 Å². The zero-order valence-electron chi connectivity index (χ0n) is 6.11. The lowest BCUT2D eigenvalue weighted by Crippen LogP contribution is -2.01. The molecule has 0 nitrogen and oxygen atoms in total. The van der Waals surface area contributed by atoms with Crippen LogP contribution in [-0.4, -0.2) is 24.6 Å². The average molecular weight is 182 g/mol. The van der Waals surface area contributed by atoms with Crippen molar-refractivity contribution in [2.45, 2.75) is 19.0 Å². The van der Waals surface area contributed by atoms with Crippen LogP contribution in [0.1, 0.15) is 6.42 Å². The monoisotopic (exact) mass is 182 g/mol. The van der Waals surface area contributed by atoms with Crippen LogP contribution < -0.4 is 0 Å². The Kier molecular flexibility index (Phi) is 6.24. The topological polar surface area (TPSA) is 0 Å². The number of thioether (sulfide) groups is 1. The highest BCUT2D eigenvalue weighted by molar-refractivity contribution is 7.98. The number of hydrogen-bond acceptors (Lipinski definition) is 1. The summed E-state index contributed by atoms with van der Waals surface area (Å²) < 4.78 is 35.2. The highest BCUT2D eigenvalue weighted by Crippen LogP contribution is 2.04. The first-order chi connectivity index (χ1) is 5.16. The highest BCUT2D eigenvalue weighted by Gasteiger charge is 2.02. The van der Waals surface area contributed by atoms with Gasteiger partial charge in [-0.3, -0.25) is 0 Å². The molecule has 4 heteroatoms. The summed E-state index contributed by atoms with van der Waals surface area (Å²) in [5.41, 5.74) is 0. The summed E-state index contributed by atoms with van der Waals surface area (Å²) in [7, 11) is 0. The largest absolute Gasteiger partial charge is 0.298 e. The van der Waals surface area contributed by atoms with Gasteiger partial charge in [-0.05, 0) is 12.2 Å². The van der Waals surface area contributed by atoms with E-state index < -0.39 is 12.6 Å². The van der Waals surface area contributed by atoms with E-state index in [2.05, 4.69) is 5.92 Å². The Labute approximate surface area is 68.5 Å². The maximum atomic E-state index is 12.5. The second-order valence-corrected chi connectivity index (χ2v) is 2.79. The third-order valence-corrected chi connectivity index (χ3v) is 1.58. The van der Waals surface area contributed by atoms with E-state index in [1.54, 1.807) is 12.2 Å². The first-order valence-corrected chi connectivity index (χ1v) is 4.45. The normalized spacial score (nSPS) is 12.5. The molecule has 0 spiro atoms. The van der Waals surface area contributed by atoms with Gasteiger partial charge in [0.15, 0.2) is 0 Å². The molecule has 0 saturated carbocycles. The molecular weight excluding hydrogens is 173 g/mol. The Hall–Kier alpha value is -0.300. The quantitative estimate of drug-likeness (QED) is 0.604. The minimum Gasteiger partial charge on any atom is -0.246 e. The van der Waals surface area contributed by atoms with E-state index in [0.717, 1.165) is 0 Å². The molecule has 0 N–H and O–H groups in total. The number of hydrogen-bond donors (Lipinski definition) is 0. The van der Waals surface area contributed by atoms with Crippen LogP contribution in [0.3, 0.4) is 0 Å². The lowest BCUT2D eigenvalue weighted by molar-refractivity contribution is 0.215. The Morgan fingerprint density at radius 2 is 2.00 bits per heavy atom. The van der Waals surface area contributed by atoms with Gasteiger partial charge in [0.25, 0.3) is 6.43 Å². The van der Waals surface area contributed by atoms with Crippen molar-refractivity contribution in [2.24, 2.45) is 0 Å². The van der Waals surface area contributed by atoms with E-state index in [-0.39, 0.29) is 6.42 Å². The van der Waals surface area contributed by atoms with Gasteiger partial charge in [-0.15, -0.1) is 0 Å². The average Bonchev–Trinajstić information content (AvgIpc) is 1.87. The van der Waals surface area contributed by atoms with Crippen molar-refractivity contribution in [3.63, 3.8) is 0 Å². The molecule has 0 aliphatic rings. The number of alkyl halides is 3. The fourth-order valence-electron chi connectivity index (χ4n) is 0.487. The van der Waals surface area contributed by atoms with Crippen molar-refractivity contribution in [1.29, 1.82) is 0 Å². The second kappa shape index (κ2) is 6.41. The van der Waals surface area contributed by atoms with Gasteiger partial charge in [0, 0.05) is 12.2 Å².